The number of allylic oxidation sites excluding steroid dienone is 2. The van der Waals surface area contributed by atoms with Crippen molar-refractivity contribution in [2.45, 2.75) is 105 Å². The van der Waals surface area contributed by atoms with E-state index in [1.165, 1.54) is 0 Å². The third-order valence-corrected chi connectivity index (χ3v) is 5.10. The van der Waals surface area contributed by atoms with Gasteiger partial charge in [0.05, 0.1) is 0 Å². The third-order valence-electron chi connectivity index (χ3n) is 5.10. The van der Waals surface area contributed by atoms with Crippen molar-refractivity contribution in [3.8, 4) is 0 Å². The average Bonchev–Trinajstić information content (AvgIpc) is 2.33. The maximum absolute atomic E-state index is 2.45. The first-order valence-electron chi connectivity index (χ1n) is 7.91. The monoisotopic (exact) mass is 314 g/mol. The van der Waals surface area contributed by atoms with E-state index in [-0.39, 0.29) is 49.4 Å². The molecule has 0 aliphatic heterocycles. The van der Waals surface area contributed by atoms with Gasteiger partial charge >= 0.3 is 0 Å². The van der Waals surface area contributed by atoms with Crippen LogP contribution in [0.4, 0.5) is 0 Å². The highest BCUT2D eigenvalue weighted by molar-refractivity contribution is 5.28. The van der Waals surface area contributed by atoms with Crippen LogP contribution in [-0.4, -0.2) is 0 Å². The molecule has 0 atom stereocenters. The molecular weight excluding hydrogens is 264 g/mol. The van der Waals surface area contributed by atoms with Crippen LogP contribution < -0.4 is 0 Å². The van der Waals surface area contributed by atoms with E-state index in [2.05, 4.69) is 81.4 Å². The second kappa shape index (κ2) is 8.02. The van der Waals surface area contributed by atoms with E-state index in [1.807, 2.05) is 13.8 Å². The summed E-state index contributed by atoms with van der Waals surface area (Å²) in [6.45, 7) is 28.1. The quantitative estimate of drug-likeness (QED) is 0.392. The fourth-order valence-corrected chi connectivity index (χ4v) is 6.49. The molecule has 1 aliphatic carbocycles. The largest absolute Gasteiger partial charge is 0.0817 e. The first-order chi connectivity index (χ1) is 8.21. The highest BCUT2D eigenvalue weighted by atomic mass is 14.7. The van der Waals surface area contributed by atoms with E-state index < -0.39 is 0 Å². The van der Waals surface area contributed by atoms with Gasteiger partial charge in [0.15, 0.2) is 0 Å². The van der Waals surface area contributed by atoms with Crippen molar-refractivity contribution < 1.29 is 0 Å². The van der Waals surface area contributed by atoms with Crippen molar-refractivity contribution in [3.63, 3.8) is 0 Å². The Bertz CT molecular complexity index is 292. The summed E-state index contributed by atoms with van der Waals surface area (Å²) >= 11 is 0. The second-order valence-corrected chi connectivity index (χ2v) is 9.03. The lowest BCUT2D eigenvalue weighted by Gasteiger charge is -2.65. The van der Waals surface area contributed by atoms with Gasteiger partial charge in [-0.05, 0) is 27.1 Å². The Balaban J connectivity index is -0.000000310. The molecular formula is C22H50. The third kappa shape index (κ3) is 3.80. The fraction of sp³-hybridized carbons (Fsp3) is 0.909. The predicted octanol–water partition coefficient (Wildman–Crippen LogP) is 8.62. The van der Waals surface area contributed by atoms with Crippen LogP contribution >= 0.6 is 0 Å². The van der Waals surface area contributed by atoms with E-state index >= 15 is 0 Å². The summed E-state index contributed by atoms with van der Waals surface area (Å²) in [5.41, 5.74) is 1.24. The van der Waals surface area contributed by atoms with Crippen molar-refractivity contribution >= 4 is 0 Å². The molecule has 0 unspecified atom stereocenters. The lowest BCUT2D eigenvalue weighted by atomic mass is 9.39. The molecule has 0 heterocycles. The predicted molar refractivity (Wildman–Crippen MR) is 110 cm³/mol. The van der Waals surface area contributed by atoms with Crippen LogP contribution in [0.2, 0.25) is 0 Å². The molecule has 0 heteroatoms. The van der Waals surface area contributed by atoms with Gasteiger partial charge < -0.3 is 0 Å². The van der Waals surface area contributed by atoms with Crippen LogP contribution in [0.15, 0.2) is 12.2 Å². The van der Waals surface area contributed by atoms with E-state index in [0.717, 1.165) is 0 Å². The normalized spacial score (nSPS) is 20.5. The van der Waals surface area contributed by atoms with Crippen LogP contribution in [0, 0.1) is 27.1 Å². The Hall–Kier alpha value is -0.260. The zero-order chi connectivity index (χ0) is 15.9. The van der Waals surface area contributed by atoms with Gasteiger partial charge in [0.2, 0.25) is 0 Å². The molecule has 1 aliphatic rings. The lowest BCUT2D eigenvalue weighted by Crippen LogP contribution is -2.60. The first kappa shape index (κ1) is 29.7. The minimum absolute atomic E-state index is 0. The summed E-state index contributed by atoms with van der Waals surface area (Å²) in [4.78, 5) is 0. The molecule has 22 heavy (non-hydrogen) atoms. The molecule has 0 N–H and O–H groups in total. The summed E-state index contributed by atoms with van der Waals surface area (Å²) in [7, 11) is 0. The molecule has 0 aromatic heterocycles. The Labute approximate surface area is 145 Å². The van der Waals surface area contributed by atoms with Gasteiger partial charge in [0, 0.05) is 0 Å². The zero-order valence-electron chi connectivity index (χ0n) is 15.7. The molecule has 0 aromatic carbocycles. The van der Waals surface area contributed by atoms with Crippen molar-refractivity contribution in [1.29, 1.82) is 0 Å². The molecule has 0 saturated heterocycles. The summed E-state index contributed by atoms with van der Waals surface area (Å²) < 4.78 is 0. The van der Waals surface area contributed by atoms with Gasteiger partial charge in [-0.25, -0.2) is 0 Å². The van der Waals surface area contributed by atoms with Crippen molar-refractivity contribution in [1.82, 2.24) is 0 Å². The first-order valence-corrected chi connectivity index (χ1v) is 7.91. The molecule has 0 nitrogen and oxygen atoms in total. The van der Waals surface area contributed by atoms with Crippen LogP contribution in [-0.2, 0) is 0 Å². The molecule has 0 fully saturated rings. The topological polar surface area (TPSA) is 0 Å². The van der Waals surface area contributed by atoms with Gasteiger partial charge in [-0.1, -0.05) is 118 Å². The summed E-state index contributed by atoms with van der Waals surface area (Å²) in [6, 6.07) is 0. The smallest absolute Gasteiger partial charge is 0.00290 e. The van der Waals surface area contributed by atoms with Crippen molar-refractivity contribution in [2.24, 2.45) is 27.1 Å². The Kier molecular flexibility index (Phi) is 10.8. The SMILES string of the molecule is C.C.C.CC.CC(C)(C)C1(C(C)(C)C)C(C)(C)C=CC1(C)C. The van der Waals surface area contributed by atoms with Gasteiger partial charge in [-0.15, -0.1) is 0 Å². The van der Waals surface area contributed by atoms with Crippen LogP contribution in [0.25, 0.3) is 0 Å². The van der Waals surface area contributed by atoms with Crippen molar-refractivity contribution in [2.75, 3.05) is 0 Å². The maximum Gasteiger partial charge on any atom is -0.00290 e. The lowest BCUT2D eigenvalue weighted by molar-refractivity contribution is -0.161. The van der Waals surface area contributed by atoms with E-state index in [0.29, 0.717) is 0 Å². The molecule has 0 aromatic rings. The van der Waals surface area contributed by atoms with Crippen molar-refractivity contribution in [3.05, 3.63) is 12.2 Å². The minimum atomic E-state index is 0. The van der Waals surface area contributed by atoms with Gasteiger partial charge in [0.25, 0.3) is 0 Å². The molecule has 1 rings (SSSR count). The Morgan fingerprint density at radius 3 is 0.818 bits per heavy atom. The highest BCUT2D eigenvalue weighted by Crippen LogP contribution is 2.73. The highest BCUT2D eigenvalue weighted by Gasteiger charge is 2.66. The second-order valence-electron chi connectivity index (χ2n) is 9.03. The van der Waals surface area contributed by atoms with Gasteiger partial charge in [-0.2, -0.15) is 0 Å². The standard InChI is InChI=1S/C17H32.C2H6.3CH4/c1-13(2,3)17(14(4,5)6)15(7,8)11-12-16(17,9)10;1-2;;;/h11-12H,1-10H3;1-2H3;3*1H4. The average molecular weight is 315 g/mol. The summed E-state index contributed by atoms with van der Waals surface area (Å²) in [5, 5.41) is 0. The van der Waals surface area contributed by atoms with Gasteiger partial charge in [-0.3, -0.25) is 0 Å². The maximum atomic E-state index is 2.45. The number of rotatable bonds is 0. The van der Waals surface area contributed by atoms with Crippen LogP contribution in [0.3, 0.4) is 0 Å². The van der Waals surface area contributed by atoms with E-state index in [1.54, 1.807) is 0 Å². The molecule has 138 valence electrons. The van der Waals surface area contributed by atoms with E-state index in [9.17, 15) is 0 Å². The Morgan fingerprint density at radius 2 is 0.727 bits per heavy atom. The van der Waals surface area contributed by atoms with Gasteiger partial charge in [0.1, 0.15) is 0 Å². The molecule has 0 spiro atoms. The zero-order valence-corrected chi connectivity index (χ0v) is 15.7. The molecule has 0 saturated carbocycles. The summed E-state index contributed by atoms with van der Waals surface area (Å²) in [6.07, 6.45) is 4.90. The molecule has 0 bridgehead atoms. The van der Waals surface area contributed by atoms with E-state index in [4.69, 9.17) is 0 Å². The van der Waals surface area contributed by atoms with Crippen LogP contribution in [0.5, 0.6) is 0 Å². The Morgan fingerprint density at radius 1 is 0.545 bits per heavy atom. The molecule has 0 radical (unpaired) electrons. The number of hydrogen-bond donors (Lipinski definition) is 0. The minimum Gasteiger partial charge on any atom is -0.0817 e. The number of hydrogen-bond acceptors (Lipinski definition) is 0. The fourth-order valence-electron chi connectivity index (χ4n) is 6.49. The van der Waals surface area contributed by atoms with Crippen LogP contribution in [0.1, 0.15) is 105 Å². The molecule has 0 amide bonds. The summed E-state index contributed by atoms with van der Waals surface area (Å²) in [5.74, 6) is 0.